The Labute approximate surface area is 163 Å². The highest BCUT2D eigenvalue weighted by Gasteiger charge is 2.30. The second-order valence-electron chi connectivity index (χ2n) is 5.93. The summed E-state index contributed by atoms with van der Waals surface area (Å²) in [5.41, 5.74) is 3.25. The van der Waals surface area contributed by atoms with E-state index in [1.165, 1.54) is 17.3 Å². The summed E-state index contributed by atoms with van der Waals surface area (Å²) in [5, 5.41) is 0. The molecule has 0 N–H and O–H groups in total. The number of thiocarbonyl (C=S) groups is 1. The van der Waals surface area contributed by atoms with Crippen LogP contribution in [-0.2, 0) is 11.4 Å². The Bertz CT molecular complexity index is 872. The smallest absolute Gasteiger partial charge is 0.266 e. The van der Waals surface area contributed by atoms with E-state index >= 15 is 0 Å². The zero-order valence-electron chi connectivity index (χ0n) is 14.5. The summed E-state index contributed by atoms with van der Waals surface area (Å²) in [4.78, 5) is 14.6. The van der Waals surface area contributed by atoms with Gasteiger partial charge in [0, 0.05) is 6.54 Å². The number of aryl methyl sites for hydroxylation is 1. The molecule has 26 heavy (non-hydrogen) atoms. The first kappa shape index (κ1) is 18.4. The molecule has 0 unspecified atom stereocenters. The van der Waals surface area contributed by atoms with Gasteiger partial charge in [-0.05, 0) is 36.3 Å². The highest BCUT2D eigenvalue weighted by molar-refractivity contribution is 8.26. The van der Waals surface area contributed by atoms with Crippen molar-refractivity contribution < 1.29 is 9.53 Å². The minimum Gasteiger partial charge on any atom is -0.489 e. The Morgan fingerprint density at radius 1 is 1.23 bits per heavy atom. The fourth-order valence-corrected chi connectivity index (χ4v) is 3.76. The lowest BCUT2D eigenvalue weighted by Gasteiger charge is -2.10. The molecule has 1 aliphatic heterocycles. The van der Waals surface area contributed by atoms with Crippen LogP contribution in [0.1, 0.15) is 16.7 Å². The van der Waals surface area contributed by atoms with E-state index in [0.717, 1.165) is 16.9 Å². The molecule has 1 fully saturated rings. The maximum absolute atomic E-state index is 12.4. The molecule has 0 bridgehead atoms. The van der Waals surface area contributed by atoms with E-state index in [-0.39, 0.29) is 5.91 Å². The molecule has 3 rings (SSSR count). The highest BCUT2D eigenvalue weighted by atomic mass is 32.2. The zero-order valence-corrected chi connectivity index (χ0v) is 16.1. The summed E-state index contributed by atoms with van der Waals surface area (Å²) >= 11 is 6.58. The number of hydrogen-bond acceptors (Lipinski definition) is 4. The summed E-state index contributed by atoms with van der Waals surface area (Å²) in [6.07, 6.45) is 3.52. The first-order valence-electron chi connectivity index (χ1n) is 8.21. The molecule has 1 amide bonds. The molecule has 1 saturated heterocycles. The molecule has 2 aromatic carbocycles. The molecule has 0 spiro atoms. The monoisotopic (exact) mass is 381 g/mol. The molecule has 3 nitrogen and oxygen atoms in total. The Morgan fingerprint density at radius 3 is 2.73 bits per heavy atom. The van der Waals surface area contributed by atoms with Crippen LogP contribution in [0.15, 0.2) is 66.1 Å². The molecule has 0 atom stereocenters. The van der Waals surface area contributed by atoms with Crippen molar-refractivity contribution in [1.82, 2.24) is 4.90 Å². The van der Waals surface area contributed by atoms with Crippen molar-refractivity contribution in [2.24, 2.45) is 0 Å². The van der Waals surface area contributed by atoms with Gasteiger partial charge in [0.2, 0.25) is 0 Å². The van der Waals surface area contributed by atoms with E-state index in [0.29, 0.717) is 22.4 Å². The van der Waals surface area contributed by atoms with Crippen molar-refractivity contribution in [3.63, 3.8) is 0 Å². The third-order valence-electron chi connectivity index (χ3n) is 3.87. The molecule has 0 saturated carbocycles. The van der Waals surface area contributed by atoms with Gasteiger partial charge in [-0.3, -0.25) is 9.69 Å². The molecule has 1 aliphatic rings. The topological polar surface area (TPSA) is 29.5 Å². The third kappa shape index (κ3) is 4.42. The normalized spacial score (nSPS) is 15.6. The fourth-order valence-electron chi connectivity index (χ4n) is 2.48. The molecule has 0 aromatic heterocycles. The van der Waals surface area contributed by atoms with E-state index in [2.05, 4.69) is 37.8 Å². The van der Waals surface area contributed by atoms with Crippen LogP contribution in [0.3, 0.4) is 0 Å². The number of thioether (sulfide) groups is 1. The van der Waals surface area contributed by atoms with E-state index in [4.69, 9.17) is 17.0 Å². The molecule has 132 valence electrons. The van der Waals surface area contributed by atoms with Crippen LogP contribution in [0, 0.1) is 6.92 Å². The maximum Gasteiger partial charge on any atom is 0.266 e. The summed E-state index contributed by atoms with van der Waals surface area (Å²) < 4.78 is 6.44. The quantitative estimate of drug-likeness (QED) is 0.402. The predicted molar refractivity (Wildman–Crippen MR) is 112 cm³/mol. The number of ether oxygens (including phenoxy) is 1. The minimum absolute atomic E-state index is 0.0779. The molecule has 2 aromatic rings. The van der Waals surface area contributed by atoms with Crippen molar-refractivity contribution in [2.75, 3.05) is 6.54 Å². The Balaban J connectivity index is 1.71. The summed E-state index contributed by atoms with van der Waals surface area (Å²) in [5.74, 6) is 0.687. The minimum atomic E-state index is -0.0779. The van der Waals surface area contributed by atoms with Crippen LogP contribution in [-0.4, -0.2) is 21.7 Å². The summed E-state index contributed by atoms with van der Waals surface area (Å²) in [6, 6.07) is 16.0. The summed E-state index contributed by atoms with van der Waals surface area (Å²) in [6.45, 7) is 6.66. The molecule has 0 aliphatic carbocycles. The SMILES string of the molecule is C=CCN1C(=O)C(=Cc2cccc(OCc3ccc(C)cc3)c2)SC1=S. The van der Waals surface area contributed by atoms with Crippen LogP contribution in [0.2, 0.25) is 0 Å². The lowest BCUT2D eigenvalue weighted by Crippen LogP contribution is -2.27. The average molecular weight is 382 g/mol. The first-order valence-corrected chi connectivity index (χ1v) is 9.44. The molecular weight excluding hydrogens is 362 g/mol. The highest BCUT2D eigenvalue weighted by Crippen LogP contribution is 2.32. The van der Waals surface area contributed by atoms with Crippen LogP contribution in [0.4, 0.5) is 0 Å². The van der Waals surface area contributed by atoms with E-state index in [1.807, 2.05) is 30.3 Å². The van der Waals surface area contributed by atoms with E-state index in [1.54, 1.807) is 11.0 Å². The van der Waals surface area contributed by atoms with Gasteiger partial charge in [-0.25, -0.2) is 0 Å². The van der Waals surface area contributed by atoms with Gasteiger partial charge in [0.1, 0.15) is 16.7 Å². The third-order valence-corrected chi connectivity index (χ3v) is 5.25. The van der Waals surface area contributed by atoms with Gasteiger partial charge in [0.15, 0.2) is 0 Å². The van der Waals surface area contributed by atoms with Gasteiger partial charge in [-0.1, -0.05) is 72.0 Å². The van der Waals surface area contributed by atoms with Crippen molar-refractivity contribution in [2.45, 2.75) is 13.5 Å². The van der Waals surface area contributed by atoms with Crippen molar-refractivity contribution >= 4 is 40.3 Å². The number of amides is 1. The largest absolute Gasteiger partial charge is 0.489 e. The molecule has 1 heterocycles. The first-order chi connectivity index (χ1) is 12.6. The van der Waals surface area contributed by atoms with Gasteiger partial charge < -0.3 is 4.74 Å². The number of carbonyl (C=O) groups is 1. The van der Waals surface area contributed by atoms with Crippen molar-refractivity contribution in [3.8, 4) is 5.75 Å². The predicted octanol–water partition coefficient (Wildman–Crippen LogP) is 4.96. The van der Waals surface area contributed by atoms with Crippen LogP contribution >= 0.6 is 24.0 Å². The Hall–Kier alpha value is -2.37. The lowest BCUT2D eigenvalue weighted by molar-refractivity contribution is -0.121. The van der Waals surface area contributed by atoms with Gasteiger partial charge in [-0.15, -0.1) is 6.58 Å². The second kappa shape index (κ2) is 8.34. The van der Waals surface area contributed by atoms with Crippen LogP contribution < -0.4 is 4.74 Å². The van der Waals surface area contributed by atoms with E-state index < -0.39 is 0 Å². The van der Waals surface area contributed by atoms with Gasteiger partial charge in [0.05, 0.1) is 4.91 Å². The average Bonchev–Trinajstić information content (AvgIpc) is 2.89. The van der Waals surface area contributed by atoms with Gasteiger partial charge in [0.25, 0.3) is 5.91 Å². The second-order valence-corrected chi connectivity index (χ2v) is 7.60. The maximum atomic E-state index is 12.4. The molecule has 0 radical (unpaired) electrons. The number of hydrogen-bond donors (Lipinski definition) is 0. The summed E-state index contributed by atoms with van der Waals surface area (Å²) in [7, 11) is 0. The lowest BCUT2D eigenvalue weighted by atomic mass is 10.1. The molecular formula is C21H19NO2S2. The van der Waals surface area contributed by atoms with Crippen LogP contribution in [0.5, 0.6) is 5.75 Å². The van der Waals surface area contributed by atoms with Crippen molar-refractivity contribution in [1.29, 1.82) is 0 Å². The fraction of sp³-hybridized carbons (Fsp3) is 0.143. The molecule has 5 heteroatoms. The number of carbonyl (C=O) groups excluding carboxylic acids is 1. The van der Waals surface area contributed by atoms with Crippen LogP contribution in [0.25, 0.3) is 6.08 Å². The number of rotatable bonds is 6. The Kier molecular flexibility index (Phi) is 5.91. The number of benzene rings is 2. The van der Waals surface area contributed by atoms with Gasteiger partial charge in [-0.2, -0.15) is 0 Å². The number of nitrogens with zero attached hydrogens (tertiary/aromatic N) is 1. The van der Waals surface area contributed by atoms with Crippen molar-refractivity contribution in [3.05, 3.63) is 82.8 Å². The standard InChI is InChI=1S/C21H19NO2S2/c1-3-11-22-20(23)19(26-21(22)25)13-17-5-4-6-18(12-17)24-14-16-9-7-15(2)8-10-16/h3-10,12-13H,1,11,14H2,2H3. The van der Waals surface area contributed by atoms with Gasteiger partial charge >= 0.3 is 0 Å². The van der Waals surface area contributed by atoms with E-state index in [9.17, 15) is 4.79 Å². The zero-order chi connectivity index (χ0) is 18.5. The Morgan fingerprint density at radius 2 is 2.00 bits per heavy atom.